The summed E-state index contributed by atoms with van der Waals surface area (Å²) >= 11 is 0. The molecule has 0 saturated carbocycles. The highest BCUT2D eigenvalue weighted by Gasteiger charge is 2.23. The Hall–Kier alpha value is -4.52. The number of nitrogens with one attached hydrogen (secondary N) is 1. The van der Waals surface area contributed by atoms with Crippen molar-refractivity contribution in [3.05, 3.63) is 82.4 Å². The first-order valence-corrected chi connectivity index (χ1v) is 10.7. The molecule has 35 heavy (non-hydrogen) atoms. The number of rotatable bonds is 5. The van der Waals surface area contributed by atoms with E-state index in [4.69, 9.17) is 4.52 Å². The van der Waals surface area contributed by atoms with E-state index in [0.717, 1.165) is 10.9 Å². The molecule has 6 rings (SSSR count). The van der Waals surface area contributed by atoms with E-state index in [1.807, 2.05) is 0 Å². The molecule has 11 nitrogen and oxygen atoms in total. The van der Waals surface area contributed by atoms with Crippen molar-refractivity contribution in [3.8, 4) is 28.7 Å². The Morgan fingerprint density at radius 3 is 2.77 bits per heavy atom. The Morgan fingerprint density at radius 2 is 1.97 bits per heavy atom. The van der Waals surface area contributed by atoms with E-state index >= 15 is 0 Å². The SMILES string of the molecule is O=c1n(-c2nc(-c3cc(-c4ccon4)n(Cc4ccccc4F)n3)ncc2F)nc2n1CCNC2. The zero-order valence-corrected chi connectivity index (χ0v) is 18.1. The van der Waals surface area contributed by atoms with Gasteiger partial charge in [0.2, 0.25) is 0 Å². The fraction of sp³-hybridized carbons (Fsp3) is 0.182. The summed E-state index contributed by atoms with van der Waals surface area (Å²) in [5.74, 6) is -0.915. The highest BCUT2D eigenvalue weighted by atomic mass is 19.1. The summed E-state index contributed by atoms with van der Waals surface area (Å²) in [5.41, 5.74) is 1.19. The molecule has 0 amide bonds. The third-order valence-electron chi connectivity index (χ3n) is 5.65. The zero-order valence-electron chi connectivity index (χ0n) is 18.1. The molecule has 1 aliphatic rings. The molecule has 0 aliphatic carbocycles. The van der Waals surface area contributed by atoms with E-state index in [9.17, 15) is 13.6 Å². The first kappa shape index (κ1) is 21.0. The van der Waals surface area contributed by atoms with Crippen molar-refractivity contribution in [2.75, 3.05) is 6.54 Å². The highest BCUT2D eigenvalue weighted by molar-refractivity contribution is 5.62. The topological polar surface area (TPSA) is 121 Å². The average Bonchev–Trinajstić information content (AvgIpc) is 3.61. The Balaban J connectivity index is 1.44. The number of nitrogens with zero attached hydrogens (tertiary/aromatic N) is 8. The molecule has 0 spiro atoms. The van der Waals surface area contributed by atoms with Crippen LogP contribution < -0.4 is 11.0 Å². The van der Waals surface area contributed by atoms with Crippen molar-refractivity contribution in [1.82, 2.24) is 44.6 Å². The Morgan fingerprint density at radius 1 is 1.09 bits per heavy atom. The highest BCUT2D eigenvalue weighted by Crippen LogP contribution is 2.25. The number of hydrogen-bond donors (Lipinski definition) is 1. The van der Waals surface area contributed by atoms with E-state index in [1.165, 1.54) is 21.6 Å². The van der Waals surface area contributed by atoms with Crippen LogP contribution in [0.15, 0.2) is 58.2 Å². The van der Waals surface area contributed by atoms with Gasteiger partial charge in [-0.2, -0.15) is 9.78 Å². The second-order valence-corrected chi connectivity index (χ2v) is 7.85. The molecule has 1 aliphatic heterocycles. The van der Waals surface area contributed by atoms with Gasteiger partial charge in [-0.1, -0.05) is 23.4 Å². The van der Waals surface area contributed by atoms with Crippen molar-refractivity contribution in [2.24, 2.45) is 0 Å². The van der Waals surface area contributed by atoms with Crippen molar-refractivity contribution in [3.63, 3.8) is 0 Å². The molecule has 176 valence electrons. The van der Waals surface area contributed by atoms with E-state index in [-0.39, 0.29) is 29.7 Å². The van der Waals surface area contributed by atoms with Crippen LogP contribution in [0.1, 0.15) is 11.4 Å². The average molecular weight is 477 g/mol. The molecule has 5 heterocycles. The van der Waals surface area contributed by atoms with E-state index in [2.05, 4.69) is 30.6 Å². The molecule has 0 saturated heterocycles. The quantitative estimate of drug-likeness (QED) is 0.407. The van der Waals surface area contributed by atoms with Gasteiger partial charge in [-0.05, 0) is 12.1 Å². The summed E-state index contributed by atoms with van der Waals surface area (Å²) in [6.45, 7) is 1.53. The van der Waals surface area contributed by atoms with Gasteiger partial charge >= 0.3 is 5.69 Å². The Labute approximate surface area is 195 Å². The van der Waals surface area contributed by atoms with Gasteiger partial charge in [-0.15, -0.1) is 5.10 Å². The van der Waals surface area contributed by atoms with Crippen LogP contribution in [0.25, 0.3) is 28.7 Å². The molecule has 0 fully saturated rings. The molecule has 0 bridgehead atoms. The van der Waals surface area contributed by atoms with Crippen LogP contribution in [0, 0.1) is 11.6 Å². The lowest BCUT2D eigenvalue weighted by molar-refractivity contribution is 0.421. The summed E-state index contributed by atoms with van der Waals surface area (Å²) in [6, 6.07) is 9.62. The standard InChI is InChI=1S/C22H17F2N9O2/c23-14-4-2-1-3-13(14)12-32-18(16-5-8-35-30-16)9-17(28-32)20-26-10-15(24)21(27-20)33-22(34)31-7-6-25-11-19(31)29-33/h1-5,8-10,25H,6-7,11-12H2. The fourth-order valence-corrected chi connectivity index (χ4v) is 3.94. The molecule has 0 radical (unpaired) electrons. The number of hydrogen-bond acceptors (Lipinski definition) is 8. The van der Waals surface area contributed by atoms with Crippen LogP contribution in [-0.2, 0) is 19.6 Å². The van der Waals surface area contributed by atoms with Crippen molar-refractivity contribution in [1.29, 1.82) is 0 Å². The molecule has 0 atom stereocenters. The third-order valence-corrected chi connectivity index (χ3v) is 5.65. The van der Waals surface area contributed by atoms with Crippen LogP contribution in [0.3, 0.4) is 0 Å². The van der Waals surface area contributed by atoms with Gasteiger partial charge in [0.15, 0.2) is 17.5 Å². The Bertz CT molecular complexity index is 1590. The van der Waals surface area contributed by atoms with Crippen LogP contribution in [0.2, 0.25) is 0 Å². The maximum Gasteiger partial charge on any atom is 0.352 e. The minimum Gasteiger partial charge on any atom is -0.364 e. The second kappa shape index (κ2) is 8.36. The number of benzene rings is 1. The smallest absolute Gasteiger partial charge is 0.352 e. The van der Waals surface area contributed by atoms with Gasteiger partial charge in [0, 0.05) is 24.7 Å². The van der Waals surface area contributed by atoms with E-state index in [0.29, 0.717) is 42.4 Å². The largest absolute Gasteiger partial charge is 0.364 e. The lowest BCUT2D eigenvalue weighted by Gasteiger charge is -2.11. The molecule has 1 aromatic carbocycles. The number of halogens is 2. The maximum absolute atomic E-state index is 14.7. The van der Waals surface area contributed by atoms with Gasteiger partial charge in [0.05, 0.1) is 25.0 Å². The van der Waals surface area contributed by atoms with Gasteiger partial charge in [0.25, 0.3) is 0 Å². The van der Waals surface area contributed by atoms with Gasteiger partial charge in [0.1, 0.15) is 29.3 Å². The lowest BCUT2D eigenvalue weighted by atomic mass is 10.2. The van der Waals surface area contributed by atoms with Crippen LogP contribution in [0.5, 0.6) is 0 Å². The summed E-state index contributed by atoms with van der Waals surface area (Å²) < 4.78 is 37.9. The monoisotopic (exact) mass is 477 g/mol. The lowest BCUT2D eigenvalue weighted by Crippen LogP contribution is -2.34. The normalized spacial score (nSPS) is 13.2. The number of fused-ring (bicyclic) bond motifs is 1. The summed E-state index contributed by atoms with van der Waals surface area (Å²) in [7, 11) is 0. The van der Waals surface area contributed by atoms with Gasteiger partial charge < -0.3 is 9.84 Å². The fourth-order valence-electron chi connectivity index (χ4n) is 3.94. The minimum atomic E-state index is -0.804. The molecule has 4 aromatic heterocycles. The van der Waals surface area contributed by atoms with Crippen molar-refractivity contribution in [2.45, 2.75) is 19.6 Å². The van der Waals surface area contributed by atoms with Crippen LogP contribution >= 0.6 is 0 Å². The van der Waals surface area contributed by atoms with E-state index in [1.54, 1.807) is 30.3 Å². The molecular formula is C22H17F2N9O2. The Kier molecular flexibility index (Phi) is 5.03. The van der Waals surface area contributed by atoms with Gasteiger partial charge in [-0.25, -0.2) is 23.5 Å². The molecule has 0 unspecified atom stereocenters. The summed E-state index contributed by atoms with van der Waals surface area (Å²) in [4.78, 5) is 21.1. The van der Waals surface area contributed by atoms with Gasteiger partial charge in [-0.3, -0.25) is 9.25 Å². The predicted octanol–water partition coefficient (Wildman–Crippen LogP) is 1.77. The third kappa shape index (κ3) is 3.71. The molecular weight excluding hydrogens is 460 g/mol. The van der Waals surface area contributed by atoms with Crippen LogP contribution in [-0.4, -0.2) is 45.8 Å². The van der Waals surface area contributed by atoms with E-state index < -0.39 is 11.5 Å². The zero-order chi connectivity index (χ0) is 23.9. The second-order valence-electron chi connectivity index (χ2n) is 7.85. The summed E-state index contributed by atoms with van der Waals surface area (Å²) in [5, 5.41) is 15.8. The molecule has 13 heteroatoms. The van der Waals surface area contributed by atoms with Crippen molar-refractivity contribution < 1.29 is 13.3 Å². The molecule has 1 N–H and O–H groups in total. The first-order chi connectivity index (χ1) is 17.1. The van der Waals surface area contributed by atoms with Crippen molar-refractivity contribution >= 4 is 0 Å². The maximum atomic E-state index is 14.7. The minimum absolute atomic E-state index is 0.0643. The summed E-state index contributed by atoms with van der Waals surface area (Å²) in [6.07, 6.45) is 2.37. The molecule has 5 aromatic rings. The van der Waals surface area contributed by atoms with Crippen LogP contribution in [0.4, 0.5) is 8.78 Å². The number of aromatic nitrogens is 8. The predicted molar refractivity (Wildman–Crippen MR) is 117 cm³/mol. The first-order valence-electron chi connectivity index (χ1n) is 10.7.